The van der Waals surface area contributed by atoms with Crippen LogP contribution in [0.1, 0.15) is 16.0 Å². The highest BCUT2D eigenvalue weighted by molar-refractivity contribution is 7.17. The molecule has 23 heavy (non-hydrogen) atoms. The third kappa shape index (κ3) is 3.49. The summed E-state index contributed by atoms with van der Waals surface area (Å²) in [6.45, 7) is 12.8. The molecule has 1 aliphatic heterocycles. The van der Waals surface area contributed by atoms with Crippen LogP contribution in [-0.2, 0) is 11.2 Å². The summed E-state index contributed by atoms with van der Waals surface area (Å²) >= 11 is 13.8. The Morgan fingerprint density at radius 2 is 2.00 bits per heavy atom. The van der Waals surface area contributed by atoms with Crippen LogP contribution in [0.3, 0.4) is 0 Å². The van der Waals surface area contributed by atoms with Crippen LogP contribution in [0.15, 0.2) is 18.2 Å². The van der Waals surface area contributed by atoms with Gasteiger partial charge in [0, 0.05) is 13.1 Å². The van der Waals surface area contributed by atoms with E-state index in [1.165, 1.54) is 4.88 Å². The van der Waals surface area contributed by atoms with Crippen LogP contribution in [0.25, 0.3) is 4.85 Å². The Hall–Kier alpha value is -1.25. The summed E-state index contributed by atoms with van der Waals surface area (Å²) in [5.74, 6) is 0. The second-order valence-electron chi connectivity index (χ2n) is 5.43. The molecule has 6 heteroatoms. The zero-order valence-corrected chi connectivity index (χ0v) is 15.1. The van der Waals surface area contributed by atoms with E-state index in [4.69, 9.17) is 34.5 Å². The van der Waals surface area contributed by atoms with Crippen molar-refractivity contribution in [1.82, 2.24) is 0 Å². The molecule has 0 bridgehead atoms. The average Bonchev–Trinajstić information content (AvgIpc) is 2.88. The van der Waals surface area contributed by atoms with E-state index < -0.39 is 0 Å². The van der Waals surface area contributed by atoms with Crippen molar-refractivity contribution in [1.29, 1.82) is 0 Å². The minimum Gasteiger partial charge on any atom is -0.378 e. The van der Waals surface area contributed by atoms with Gasteiger partial charge in [-0.05, 0) is 41.5 Å². The summed E-state index contributed by atoms with van der Waals surface area (Å²) in [5, 5.41) is 2.17. The molecule has 1 aromatic heterocycles. The number of ether oxygens (including phenoxy) is 1. The number of halogens is 2. The summed E-state index contributed by atoms with van der Waals surface area (Å²) in [4.78, 5) is 7.26. The largest absolute Gasteiger partial charge is 0.378 e. The number of anilines is 1. The number of hydrogen-bond donors (Lipinski definition) is 0. The Balaban J connectivity index is 1.94. The Labute approximate surface area is 150 Å². The van der Waals surface area contributed by atoms with Crippen molar-refractivity contribution >= 4 is 45.2 Å². The van der Waals surface area contributed by atoms with Gasteiger partial charge in [-0.15, -0.1) is 11.3 Å². The molecule has 0 spiro atoms. The molecule has 1 fully saturated rings. The van der Waals surface area contributed by atoms with Crippen LogP contribution < -0.4 is 4.90 Å². The third-order valence-electron chi connectivity index (χ3n) is 3.94. The SMILES string of the molecule is [C-]#[N+]c1c(N2CCOCC2)sc(C)c1Cc1ccc(Cl)c(Cl)c1. The quantitative estimate of drug-likeness (QED) is 0.681. The van der Waals surface area contributed by atoms with Crippen LogP contribution in [0.2, 0.25) is 10.0 Å². The third-order valence-corrected chi connectivity index (χ3v) is 5.87. The van der Waals surface area contributed by atoms with Gasteiger partial charge in [-0.25, -0.2) is 4.85 Å². The zero-order valence-electron chi connectivity index (χ0n) is 12.7. The van der Waals surface area contributed by atoms with E-state index >= 15 is 0 Å². The van der Waals surface area contributed by atoms with Gasteiger partial charge in [0.2, 0.25) is 5.69 Å². The summed E-state index contributed by atoms with van der Waals surface area (Å²) in [7, 11) is 0. The molecule has 0 N–H and O–H groups in total. The fourth-order valence-electron chi connectivity index (χ4n) is 2.71. The van der Waals surface area contributed by atoms with Crippen molar-refractivity contribution in [3.05, 3.63) is 55.7 Å². The zero-order chi connectivity index (χ0) is 16.4. The van der Waals surface area contributed by atoms with E-state index in [9.17, 15) is 0 Å². The maximum atomic E-state index is 7.63. The number of benzene rings is 1. The molecule has 1 aromatic carbocycles. The number of rotatable bonds is 3. The molecule has 1 saturated heterocycles. The molecule has 0 amide bonds. The van der Waals surface area contributed by atoms with E-state index in [0.29, 0.717) is 16.5 Å². The van der Waals surface area contributed by atoms with Gasteiger partial charge < -0.3 is 9.64 Å². The molecule has 0 saturated carbocycles. The topological polar surface area (TPSA) is 16.8 Å². The van der Waals surface area contributed by atoms with Crippen LogP contribution in [0.4, 0.5) is 10.7 Å². The molecule has 2 aromatic rings. The van der Waals surface area contributed by atoms with E-state index in [1.807, 2.05) is 12.1 Å². The normalized spacial score (nSPS) is 14.8. The van der Waals surface area contributed by atoms with Crippen LogP contribution >= 0.6 is 34.5 Å². The fourth-order valence-corrected chi connectivity index (χ4v) is 4.19. The molecule has 3 nitrogen and oxygen atoms in total. The van der Waals surface area contributed by atoms with Gasteiger partial charge in [-0.2, -0.15) is 0 Å². The van der Waals surface area contributed by atoms with Crippen LogP contribution in [0, 0.1) is 13.5 Å². The molecule has 0 atom stereocenters. The second-order valence-corrected chi connectivity index (χ2v) is 7.44. The van der Waals surface area contributed by atoms with Gasteiger partial charge in [-0.3, -0.25) is 0 Å². The van der Waals surface area contributed by atoms with Gasteiger partial charge >= 0.3 is 0 Å². The van der Waals surface area contributed by atoms with Crippen molar-refractivity contribution in [3.63, 3.8) is 0 Å². The van der Waals surface area contributed by atoms with Crippen molar-refractivity contribution in [2.75, 3.05) is 31.2 Å². The lowest BCUT2D eigenvalue weighted by molar-refractivity contribution is 0.123. The molecule has 0 unspecified atom stereocenters. The van der Waals surface area contributed by atoms with Crippen LogP contribution in [0.5, 0.6) is 0 Å². The van der Waals surface area contributed by atoms with Gasteiger partial charge in [0.15, 0.2) is 0 Å². The number of thiophene rings is 1. The van der Waals surface area contributed by atoms with E-state index in [1.54, 1.807) is 17.4 Å². The van der Waals surface area contributed by atoms with Crippen molar-refractivity contribution in [2.24, 2.45) is 0 Å². The Morgan fingerprint density at radius 3 is 2.65 bits per heavy atom. The Kier molecular flexibility index (Phi) is 5.13. The fraction of sp³-hybridized carbons (Fsp3) is 0.353. The minimum atomic E-state index is 0.551. The standard InChI is InChI=1S/C17H16Cl2N2OS/c1-11-13(9-12-3-4-14(18)15(19)10-12)16(20-2)17(23-11)21-5-7-22-8-6-21/h3-4,10H,5-9H2,1H3. The molecular formula is C17H16Cl2N2OS. The summed E-state index contributed by atoms with van der Waals surface area (Å²) < 4.78 is 5.41. The predicted octanol–water partition coefficient (Wildman–Crippen LogP) is 5.34. The molecular weight excluding hydrogens is 351 g/mol. The minimum absolute atomic E-state index is 0.551. The number of aryl methyl sites for hydroxylation is 1. The maximum absolute atomic E-state index is 7.63. The van der Waals surface area contributed by atoms with Crippen molar-refractivity contribution < 1.29 is 4.74 Å². The van der Waals surface area contributed by atoms with E-state index in [-0.39, 0.29) is 0 Å². The molecule has 0 radical (unpaired) electrons. The lowest BCUT2D eigenvalue weighted by Crippen LogP contribution is -2.35. The van der Waals surface area contributed by atoms with Gasteiger partial charge in [0.25, 0.3) is 0 Å². The Morgan fingerprint density at radius 1 is 1.26 bits per heavy atom. The number of nitrogens with zero attached hydrogens (tertiary/aromatic N) is 2. The first kappa shape index (κ1) is 16.6. The molecule has 0 aliphatic carbocycles. The van der Waals surface area contributed by atoms with Gasteiger partial charge in [0.1, 0.15) is 0 Å². The highest BCUT2D eigenvalue weighted by atomic mass is 35.5. The average molecular weight is 367 g/mol. The van der Waals surface area contributed by atoms with Crippen molar-refractivity contribution in [2.45, 2.75) is 13.3 Å². The predicted molar refractivity (Wildman–Crippen MR) is 97.6 cm³/mol. The highest BCUT2D eigenvalue weighted by Crippen LogP contribution is 2.44. The lowest BCUT2D eigenvalue weighted by Gasteiger charge is -2.28. The van der Waals surface area contributed by atoms with E-state index in [0.717, 1.165) is 48.1 Å². The van der Waals surface area contributed by atoms with Crippen molar-refractivity contribution in [3.8, 4) is 0 Å². The lowest BCUT2D eigenvalue weighted by atomic mass is 10.0. The first-order chi connectivity index (χ1) is 11.1. The summed E-state index contributed by atoms with van der Waals surface area (Å²) in [6.07, 6.45) is 0.696. The molecule has 3 rings (SSSR count). The molecule has 1 aliphatic rings. The first-order valence-corrected chi connectivity index (χ1v) is 8.93. The second kappa shape index (κ2) is 7.11. The molecule has 120 valence electrons. The smallest absolute Gasteiger partial charge is 0.224 e. The van der Waals surface area contributed by atoms with Crippen LogP contribution in [-0.4, -0.2) is 26.3 Å². The van der Waals surface area contributed by atoms with Gasteiger partial charge in [0.05, 0.1) is 34.8 Å². The summed E-state index contributed by atoms with van der Waals surface area (Å²) in [5.41, 5.74) is 2.92. The van der Waals surface area contributed by atoms with Gasteiger partial charge in [-0.1, -0.05) is 29.3 Å². The Bertz CT molecular complexity index is 761. The van der Waals surface area contributed by atoms with E-state index in [2.05, 4.69) is 16.7 Å². The number of morpholine rings is 1. The summed E-state index contributed by atoms with van der Waals surface area (Å²) in [6, 6.07) is 5.65. The first-order valence-electron chi connectivity index (χ1n) is 7.36. The monoisotopic (exact) mass is 366 g/mol. The maximum Gasteiger partial charge on any atom is 0.224 e. The molecule has 2 heterocycles. The number of hydrogen-bond acceptors (Lipinski definition) is 3. The highest BCUT2D eigenvalue weighted by Gasteiger charge is 2.22.